The van der Waals surface area contributed by atoms with Gasteiger partial charge < -0.3 is 0 Å². The predicted octanol–water partition coefficient (Wildman–Crippen LogP) is 2.56. The Bertz CT molecular complexity index is 786. The van der Waals surface area contributed by atoms with E-state index in [9.17, 15) is 9.59 Å². The lowest BCUT2D eigenvalue weighted by molar-refractivity contribution is -0.124. The molecule has 0 aliphatic heterocycles. The summed E-state index contributed by atoms with van der Waals surface area (Å²) in [5, 5.41) is 8.72. The van der Waals surface area contributed by atoms with E-state index in [2.05, 4.69) is 9.98 Å². The van der Waals surface area contributed by atoms with E-state index in [1.54, 1.807) is 42.6 Å². The standard InChI is InChI=1S/C17H14ClN3O3/c18-17-14(2-1-9-20-17)10-19-11-15(22)13-6-3-12(4-7-13)5-8-16(23)21-24/h1-10,24H,11H2,(H,21,23)/b8-5+,19-10?. The molecule has 0 unspecified atom stereocenters. The molecule has 24 heavy (non-hydrogen) atoms. The fourth-order valence-corrected chi connectivity index (χ4v) is 1.97. The molecule has 0 fully saturated rings. The number of pyridine rings is 1. The van der Waals surface area contributed by atoms with Crippen LogP contribution in [0.4, 0.5) is 0 Å². The SMILES string of the molecule is O=C(/C=C/c1ccc(C(=O)CN=Cc2cccnc2Cl)cc1)NO. The fraction of sp³-hybridized carbons (Fsp3) is 0.0588. The first-order valence-corrected chi connectivity index (χ1v) is 7.33. The van der Waals surface area contributed by atoms with E-state index >= 15 is 0 Å². The molecule has 7 heteroatoms. The van der Waals surface area contributed by atoms with Crippen LogP contribution in [0.5, 0.6) is 0 Å². The van der Waals surface area contributed by atoms with Crippen molar-refractivity contribution in [2.24, 2.45) is 4.99 Å². The van der Waals surface area contributed by atoms with Crippen molar-refractivity contribution in [2.45, 2.75) is 0 Å². The maximum absolute atomic E-state index is 12.1. The van der Waals surface area contributed by atoms with Crippen molar-refractivity contribution in [2.75, 3.05) is 6.54 Å². The number of benzene rings is 1. The number of Topliss-reactive ketones (excluding diaryl/α,β-unsaturated/α-hetero) is 1. The first kappa shape index (κ1) is 17.5. The van der Waals surface area contributed by atoms with Crippen LogP contribution in [0.2, 0.25) is 5.15 Å². The van der Waals surface area contributed by atoms with Crippen molar-refractivity contribution in [3.63, 3.8) is 0 Å². The molecule has 2 aromatic rings. The number of hydrogen-bond donors (Lipinski definition) is 2. The smallest absolute Gasteiger partial charge is 0.267 e. The van der Waals surface area contributed by atoms with E-state index in [4.69, 9.17) is 16.8 Å². The highest BCUT2D eigenvalue weighted by Gasteiger charge is 2.04. The maximum atomic E-state index is 12.1. The summed E-state index contributed by atoms with van der Waals surface area (Å²) in [6.07, 6.45) is 5.78. The summed E-state index contributed by atoms with van der Waals surface area (Å²) in [6, 6.07) is 10.2. The number of halogens is 1. The minimum Gasteiger partial charge on any atom is -0.292 e. The molecule has 1 amide bonds. The van der Waals surface area contributed by atoms with Gasteiger partial charge in [-0.05, 0) is 23.8 Å². The van der Waals surface area contributed by atoms with Gasteiger partial charge in [0.25, 0.3) is 5.91 Å². The van der Waals surface area contributed by atoms with Crippen molar-refractivity contribution >= 4 is 35.6 Å². The molecule has 0 spiro atoms. The van der Waals surface area contributed by atoms with E-state index in [1.165, 1.54) is 23.8 Å². The molecule has 2 rings (SSSR count). The Labute approximate surface area is 143 Å². The molecule has 122 valence electrons. The lowest BCUT2D eigenvalue weighted by atomic mass is 10.1. The third-order valence-electron chi connectivity index (χ3n) is 3.02. The van der Waals surface area contributed by atoms with Gasteiger partial charge in [-0.3, -0.25) is 19.8 Å². The van der Waals surface area contributed by atoms with Crippen LogP contribution >= 0.6 is 11.6 Å². The Morgan fingerprint density at radius 1 is 1.25 bits per heavy atom. The normalized spacial score (nSPS) is 11.1. The zero-order valence-corrected chi connectivity index (χ0v) is 13.3. The van der Waals surface area contributed by atoms with Crippen molar-refractivity contribution in [1.29, 1.82) is 0 Å². The highest BCUT2D eigenvalue weighted by molar-refractivity contribution is 6.31. The van der Waals surface area contributed by atoms with Gasteiger partial charge in [-0.2, -0.15) is 0 Å². The van der Waals surface area contributed by atoms with Crippen molar-refractivity contribution < 1.29 is 14.8 Å². The highest BCUT2D eigenvalue weighted by atomic mass is 35.5. The molecule has 0 saturated carbocycles. The van der Waals surface area contributed by atoms with Gasteiger partial charge >= 0.3 is 0 Å². The molecule has 0 aliphatic rings. The molecule has 1 heterocycles. The van der Waals surface area contributed by atoms with Crippen LogP contribution in [-0.2, 0) is 4.79 Å². The molecule has 1 aromatic carbocycles. The molecule has 0 atom stereocenters. The molecule has 0 saturated heterocycles. The molecular weight excluding hydrogens is 330 g/mol. The zero-order valence-electron chi connectivity index (χ0n) is 12.5. The second-order valence-electron chi connectivity index (χ2n) is 4.71. The van der Waals surface area contributed by atoms with E-state index in [0.717, 1.165) is 5.56 Å². The lowest BCUT2D eigenvalue weighted by Crippen LogP contribution is -2.14. The second-order valence-corrected chi connectivity index (χ2v) is 5.07. The molecule has 1 aromatic heterocycles. The summed E-state index contributed by atoms with van der Waals surface area (Å²) in [7, 11) is 0. The minimum atomic E-state index is -0.626. The van der Waals surface area contributed by atoms with Crippen molar-refractivity contribution in [3.8, 4) is 0 Å². The number of hydrogen-bond acceptors (Lipinski definition) is 5. The van der Waals surface area contributed by atoms with Crippen LogP contribution in [0.25, 0.3) is 6.08 Å². The molecule has 0 radical (unpaired) electrons. The largest absolute Gasteiger partial charge is 0.292 e. The summed E-state index contributed by atoms with van der Waals surface area (Å²) < 4.78 is 0. The topological polar surface area (TPSA) is 91.7 Å². The van der Waals surface area contributed by atoms with Gasteiger partial charge in [0, 0.05) is 29.6 Å². The Hall–Kier alpha value is -2.83. The summed E-state index contributed by atoms with van der Waals surface area (Å²) in [5.74, 6) is -0.770. The van der Waals surface area contributed by atoms with Crippen LogP contribution in [0, 0.1) is 0 Å². The van der Waals surface area contributed by atoms with Gasteiger partial charge in [-0.25, -0.2) is 10.5 Å². The highest BCUT2D eigenvalue weighted by Crippen LogP contribution is 2.09. The number of aliphatic imine (C=N–C) groups is 1. The second kappa shape index (κ2) is 8.71. The Morgan fingerprint density at radius 3 is 2.67 bits per heavy atom. The van der Waals surface area contributed by atoms with Gasteiger partial charge in [-0.1, -0.05) is 35.9 Å². The van der Waals surface area contributed by atoms with Gasteiger partial charge in [0.2, 0.25) is 0 Å². The number of nitrogens with one attached hydrogen (secondary N) is 1. The molecule has 0 bridgehead atoms. The van der Waals surface area contributed by atoms with E-state index < -0.39 is 5.91 Å². The van der Waals surface area contributed by atoms with Crippen molar-refractivity contribution in [1.82, 2.24) is 10.5 Å². The molecule has 2 N–H and O–H groups in total. The molecule has 6 nitrogen and oxygen atoms in total. The van der Waals surface area contributed by atoms with Crippen LogP contribution < -0.4 is 5.48 Å². The Balaban J connectivity index is 1.96. The van der Waals surface area contributed by atoms with Gasteiger partial charge in [0.1, 0.15) is 11.7 Å². The quantitative estimate of drug-likeness (QED) is 0.210. The van der Waals surface area contributed by atoms with Gasteiger partial charge in [0.05, 0.1) is 0 Å². The monoisotopic (exact) mass is 343 g/mol. The number of carbonyl (C=O) groups excluding carboxylic acids is 2. The number of carbonyl (C=O) groups is 2. The minimum absolute atomic E-state index is 0.00662. The van der Waals surface area contributed by atoms with E-state index in [-0.39, 0.29) is 12.3 Å². The van der Waals surface area contributed by atoms with Crippen LogP contribution in [0.3, 0.4) is 0 Å². The maximum Gasteiger partial charge on any atom is 0.267 e. The number of nitrogens with zero attached hydrogens (tertiary/aromatic N) is 2. The number of aromatic nitrogens is 1. The van der Waals surface area contributed by atoms with E-state index in [1.807, 2.05) is 0 Å². The first-order valence-electron chi connectivity index (χ1n) is 6.96. The number of amides is 1. The van der Waals surface area contributed by atoms with Gasteiger partial charge in [-0.15, -0.1) is 0 Å². The summed E-state index contributed by atoms with van der Waals surface area (Å²) >= 11 is 5.90. The number of hydroxylamine groups is 1. The van der Waals surface area contributed by atoms with Crippen molar-refractivity contribution in [3.05, 3.63) is 70.5 Å². The number of rotatable bonds is 6. The van der Waals surface area contributed by atoms with Crippen LogP contribution in [0.15, 0.2) is 53.7 Å². The summed E-state index contributed by atoms with van der Waals surface area (Å²) in [6.45, 7) is -0.00662. The fourth-order valence-electron chi connectivity index (χ4n) is 1.80. The van der Waals surface area contributed by atoms with Crippen LogP contribution in [0.1, 0.15) is 21.5 Å². The van der Waals surface area contributed by atoms with E-state index in [0.29, 0.717) is 16.3 Å². The Morgan fingerprint density at radius 2 is 2.00 bits per heavy atom. The first-order chi connectivity index (χ1) is 11.6. The van der Waals surface area contributed by atoms with Gasteiger partial charge in [0.15, 0.2) is 5.78 Å². The third-order valence-corrected chi connectivity index (χ3v) is 3.34. The number of ketones is 1. The molecule has 0 aliphatic carbocycles. The Kier molecular flexibility index (Phi) is 6.36. The average Bonchev–Trinajstić information content (AvgIpc) is 2.61. The average molecular weight is 344 g/mol. The zero-order chi connectivity index (χ0) is 17.4. The predicted molar refractivity (Wildman–Crippen MR) is 91.4 cm³/mol. The summed E-state index contributed by atoms with van der Waals surface area (Å²) in [4.78, 5) is 31.0. The lowest BCUT2D eigenvalue weighted by Gasteiger charge is -1.99. The molecular formula is C17H14ClN3O3. The summed E-state index contributed by atoms with van der Waals surface area (Å²) in [5.41, 5.74) is 3.37. The van der Waals surface area contributed by atoms with Crippen LogP contribution in [-0.4, -0.2) is 34.6 Å². The third kappa shape index (κ3) is 5.12.